The molecule has 0 spiro atoms. The SMILES string of the molecule is O=C(NC1CCCc2sccc21)c1cncc(O)c1. The van der Waals surface area contributed by atoms with Crippen LogP contribution in [0.25, 0.3) is 0 Å². The number of rotatable bonds is 2. The lowest BCUT2D eigenvalue weighted by Gasteiger charge is -2.23. The van der Waals surface area contributed by atoms with Crippen molar-refractivity contribution in [3.8, 4) is 5.75 Å². The minimum atomic E-state index is -0.188. The minimum Gasteiger partial charge on any atom is -0.506 e. The van der Waals surface area contributed by atoms with Gasteiger partial charge in [-0.1, -0.05) is 0 Å². The van der Waals surface area contributed by atoms with Crippen molar-refractivity contribution < 1.29 is 9.90 Å². The molecule has 0 radical (unpaired) electrons. The third-order valence-electron chi connectivity index (χ3n) is 3.34. The Balaban J connectivity index is 1.78. The predicted molar refractivity (Wildman–Crippen MR) is 73.4 cm³/mol. The monoisotopic (exact) mass is 274 g/mol. The smallest absolute Gasteiger partial charge is 0.253 e. The molecule has 98 valence electrons. The van der Waals surface area contributed by atoms with Gasteiger partial charge in [-0.3, -0.25) is 9.78 Å². The highest BCUT2D eigenvalue weighted by Gasteiger charge is 2.23. The first kappa shape index (κ1) is 12.2. The van der Waals surface area contributed by atoms with Crippen LogP contribution in [0, 0.1) is 0 Å². The summed E-state index contributed by atoms with van der Waals surface area (Å²) in [5.74, 6) is -0.181. The van der Waals surface area contributed by atoms with Crippen LogP contribution >= 0.6 is 11.3 Å². The quantitative estimate of drug-likeness (QED) is 0.885. The Morgan fingerprint density at radius 1 is 1.47 bits per heavy atom. The molecular weight excluding hydrogens is 260 g/mol. The van der Waals surface area contributed by atoms with Crippen molar-refractivity contribution in [2.75, 3.05) is 0 Å². The van der Waals surface area contributed by atoms with E-state index in [9.17, 15) is 9.90 Å². The van der Waals surface area contributed by atoms with Gasteiger partial charge < -0.3 is 10.4 Å². The summed E-state index contributed by atoms with van der Waals surface area (Å²) in [5, 5.41) is 14.4. The summed E-state index contributed by atoms with van der Waals surface area (Å²) in [5.41, 5.74) is 1.63. The first-order valence-electron chi connectivity index (χ1n) is 6.25. The fourth-order valence-electron chi connectivity index (χ4n) is 2.43. The number of carbonyl (C=O) groups is 1. The molecule has 1 unspecified atom stereocenters. The van der Waals surface area contributed by atoms with Crippen LogP contribution in [0.15, 0.2) is 29.9 Å². The fraction of sp³-hybridized carbons (Fsp3) is 0.286. The van der Waals surface area contributed by atoms with Crippen LogP contribution in [0.5, 0.6) is 5.75 Å². The standard InChI is InChI=1S/C14H14N2O2S/c17-10-6-9(7-15-8-10)14(18)16-12-2-1-3-13-11(12)4-5-19-13/h4-8,12,17H,1-3H2,(H,16,18). The van der Waals surface area contributed by atoms with Gasteiger partial charge >= 0.3 is 0 Å². The van der Waals surface area contributed by atoms with E-state index in [-0.39, 0.29) is 17.7 Å². The number of hydrogen-bond acceptors (Lipinski definition) is 4. The van der Waals surface area contributed by atoms with Gasteiger partial charge in [0.1, 0.15) is 5.75 Å². The van der Waals surface area contributed by atoms with E-state index in [1.54, 1.807) is 11.3 Å². The fourth-order valence-corrected chi connectivity index (χ4v) is 3.42. The number of aryl methyl sites for hydroxylation is 1. The number of nitrogens with one attached hydrogen (secondary N) is 1. The minimum absolute atomic E-state index is 0.00696. The summed E-state index contributed by atoms with van der Waals surface area (Å²) in [6.45, 7) is 0. The van der Waals surface area contributed by atoms with Crippen LogP contribution in [-0.4, -0.2) is 16.0 Å². The number of nitrogens with zero attached hydrogens (tertiary/aromatic N) is 1. The molecule has 0 saturated heterocycles. The molecule has 0 aliphatic heterocycles. The van der Waals surface area contributed by atoms with E-state index in [1.165, 1.54) is 28.9 Å². The first-order valence-corrected chi connectivity index (χ1v) is 7.13. The molecule has 2 aromatic rings. The zero-order valence-corrected chi connectivity index (χ0v) is 11.1. The Labute approximate surface area is 115 Å². The number of thiophene rings is 1. The van der Waals surface area contributed by atoms with Crippen molar-refractivity contribution in [3.05, 3.63) is 45.9 Å². The van der Waals surface area contributed by atoms with Crippen molar-refractivity contribution >= 4 is 17.2 Å². The highest BCUT2D eigenvalue weighted by atomic mass is 32.1. The Bertz CT molecular complexity index is 609. The van der Waals surface area contributed by atoms with Gasteiger partial charge in [-0.05, 0) is 42.3 Å². The van der Waals surface area contributed by atoms with E-state index in [0.29, 0.717) is 5.56 Å². The van der Waals surface area contributed by atoms with Crippen molar-refractivity contribution in [1.82, 2.24) is 10.3 Å². The van der Waals surface area contributed by atoms with E-state index in [2.05, 4.69) is 21.7 Å². The zero-order valence-electron chi connectivity index (χ0n) is 10.3. The molecule has 1 atom stereocenters. The molecule has 2 heterocycles. The second kappa shape index (κ2) is 5.01. The number of amides is 1. The number of aromatic hydroxyl groups is 1. The molecule has 1 amide bonds. The summed E-state index contributed by atoms with van der Waals surface area (Å²) in [4.78, 5) is 17.3. The largest absolute Gasteiger partial charge is 0.506 e. The molecule has 1 aliphatic carbocycles. The normalized spacial score (nSPS) is 17.8. The third-order valence-corrected chi connectivity index (χ3v) is 4.34. The lowest BCUT2D eigenvalue weighted by Crippen LogP contribution is -2.30. The maximum Gasteiger partial charge on any atom is 0.253 e. The van der Waals surface area contributed by atoms with E-state index >= 15 is 0 Å². The van der Waals surface area contributed by atoms with E-state index < -0.39 is 0 Å². The van der Waals surface area contributed by atoms with Gasteiger partial charge in [-0.2, -0.15) is 0 Å². The van der Waals surface area contributed by atoms with Gasteiger partial charge in [0.15, 0.2) is 0 Å². The summed E-state index contributed by atoms with van der Waals surface area (Å²) in [7, 11) is 0. The molecule has 2 aromatic heterocycles. The van der Waals surface area contributed by atoms with Gasteiger partial charge in [-0.15, -0.1) is 11.3 Å². The van der Waals surface area contributed by atoms with Gasteiger partial charge in [0.25, 0.3) is 5.91 Å². The summed E-state index contributed by atoms with van der Waals surface area (Å²) < 4.78 is 0. The molecule has 3 rings (SSSR count). The van der Waals surface area contributed by atoms with E-state index in [1.807, 2.05) is 0 Å². The van der Waals surface area contributed by atoms with Gasteiger partial charge in [0, 0.05) is 11.1 Å². The molecule has 5 heteroatoms. The van der Waals surface area contributed by atoms with Crippen molar-refractivity contribution in [2.45, 2.75) is 25.3 Å². The number of fused-ring (bicyclic) bond motifs is 1. The molecule has 0 aromatic carbocycles. The number of aromatic nitrogens is 1. The Kier molecular flexibility index (Phi) is 3.21. The Hall–Kier alpha value is -1.88. The molecule has 0 bridgehead atoms. The van der Waals surface area contributed by atoms with Crippen LogP contribution in [0.3, 0.4) is 0 Å². The third kappa shape index (κ3) is 2.46. The van der Waals surface area contributed by atoms with Crippen LogP contribution in [0.2, 0.25) is 0 Å². The Morgan fingerprint density at radius 2 is 2.37 bits per heavy atom. The zero-order chi connectivity index (χ0) is 13.2. The van der Waals surface area contributed by atoms with Crippen LogP contribution < -0.4 is 5.32 Å². The molecule has 1 aliphatic rings. The average molecular weight is 274 g/mol. The first-order chi connectivity index (χ1) is 9.24. The molecule has 19 heavy (non-hydrogen) atoms. The lowest BCUT2D eigenvalue weighted by atomic mass is 9.94. The van der Waals surface area contributed by atoms with Crippen molar-refractivity contribution in [3.63, 3.8) is 0 Å². The summed E-state index contributed by atoms with van der Waals surface area (Å²) in [6, 6.07) is 3.59. The van der Waals surface area contributed by atoms with Gasteiger partial charge in [0.05, 0.1) is 17.8 Å². The summed E-state index contributed by atoms with van der Waals surface area (Å²) >= 11 is 1.75. The second-order valence-electron chi connectivity index (χ2n) is 4.65. The number of hydrogen-bond donors (Lipinski definition) is 2. The van der Waals surface area contributed by atoms with E-state index in [0.717, 1.165) is 19.3 Å². The second-order valence-corrected chi connectivity index (χ2v) is 5.65. The Morgan fingerprint density at radius 3 is 3.21 bits per heavy atom. The van der Waals surface area contributed by atoms with Crippen molar-refractivity contribution in [1.29, 1.82) is 0 Å². The van der Waals surface area contributed by atoms with Crippen molar-refractivity contribution in [2.24, 2.45) is 0 Å². The molecule has 2 N–H and O–H groups in total. The topological polar surface area (TPSA) is 62.2 Å². The summed E-state index contributed by atoms with van der Waals surface area (Å²) in [6.07, 6.45) is 5.94. The van der Waals surface area contributed by atoms with Crippen LogP contribution in [-0.2, 0) is 6.42 Å². The lowest BCUT2D eigenvalue weighted by molar-refractivity contribution is 0.0932. The molecule has 0 saturated carbocycles. The maximum absolute atomic E-state index is 12.1. The number of carbonyl (C=O) groups excluding carboxylic acids is 1. The number of pyridine rings is 1. The highest BCUT2D eigenvalue weighted by molar-refractivity contribution is 7.10. The highest BCUT2D eigenvalue weighted by Crippen LogP contribution is 2.33. The average Bonchev–Trinajstić information content (AvgIpc) is 2.88. The predicted octanol–water partition coefficient (Wildman–Crippen LogP) is 2.66. The molecule has 4 nitrogen and oxygen atoms in total. The van der Waals surface area contributed by atoms with Crippen LogP contribution in [0.4, 0.5) is 0 Å². The van der Waals surface area contributed by atoms with E-state index in [4.69, 9.17) is 0 Å². The van der Waals surface area contributed by atoms with Gasteiger partial charge in [-0.25, -0.2) is 0 Å². The molecular formula is C14H14N2O2S. The maximum atomic E-state index is 12.1. The molecule has 0 fully saturated rings. The van der Waals surface area contributed by atoms with Crippen LogP contribution in [0.1, 0.15) is 39.7 Å². The van der Waals surface area contributed by atoms with Gasteiger partial charge in [0.2, 0.25) is 0 Å².